The molecule has 1 aliphatic heterocycles. The number of carbonyl (C=O) groups is 1. The van der Waals surface area contributed by atoms with Gasteiger partial charge in [-0.25, -0.2) is 0 Å². The van der Waals surface area contributed by atoms with E-state index in [0.717, 1.165) is 18.5 Å². The quantitative estimate of drug-likeness (QED) is 0.536. The normalized spacial score (nSPS) is 15.5. The first-order chi connectivity index (χ1) is 15.3. The van der Waals surface area contributed by atoms with Crippen molar-refractivity contribution in [1.29, 1.82) is 0 Å². The van der Waals surface area contributed by atoms with Gasteiger partial charge in [-0.1, -0.05) is 17.7 Å². The fourth-order valence-electron chi connectivity index (χ4n) is 4.15. The molecular formula is C24H25ClN2O5. The molecule has 3 aromatic rings. The summed E-state index contributed by atoms with van der Waals surface area (Å²) in [6.07, 6.45) is 0.746. The predicted molar refractivity (Wildman–Crippen MR) is 123 cm³/mol. The summed E-state index contributed by atoms with van der Waals surface area (Å²) in [6.45, 7) is 1.27. The Morgan fingerprint density at radius 3 is 2.50 bits per heavy atom. The third-order valence-corrected chi connectivity index (χ3v) is 5.89. The Balaban J connectivity index is 1.90. The van der Waals surface area contributed by atoms with Gasteiger partial charge in [0.05, 0.1) is 31.2 Å². The number of nitrogens with zero attached hydrogens (tertiary/aromatic N) is 2. The second-order valence-electron chi connectivity index (χ2n) is 7.99. The lowest BCUT2D eigenvalue weighted by molar-refractivity contribution is 0.0722. The van der Waals surface area contributed by atoms with Crippen molar-refractivity contribution in [1.82, 2.24) is 9.80 Å². The Morgan fingerprint density at radius 1 is 1.06 bits per heavy atom. The first-order valence-electron chi connectivity index (χ1n) is 10.3. The summed E-state index contributed by atoms with van der Waals surface area (Å²) < 4.78 is 16.8. The molecule has 0 unspecified atom stereocenters. The maximum atomic E-state index is 13.5. The molecule has 2 aromatic carbocycles. The van der Waals surface area contributed by atoms with E-state index in [9.17, 15) is 9.59 Å². The second-order valence-corrected chi connectivity index (χ2v) is 8.42. The third kappa shape index (κ3) is 3.82. The van der Waals surface area contributed by atoms with Gasteiger partial charge in [0.25, 0.3) is 5.91 Å². The van der Waals surface area contributed by atoms with Crippen LogP contribution in [0.4, 0.5) is 0 Å². The van der Waals surface area contributed by atoms with Gasteiger partial charge in [-0.15, -0.1) is 0 Å². The van der Waals surface area contributed by atoms with Crippen molar-refractivity contribution >= 4 is 28.5 Å². The van der Waals surface area contributed by atoms with Crippen LogP contribution in [-0.2, 0) is 0 Å². The van der Waals surface area contributed by atoms with E-state index in [1.807, 2.05) is 20.2 Å². The molecular weight excluding hydrogens is 432 g/mol. The summed E-state index contributed by atoms with van der Waals surface area (Å²) in [7, 11) is 7.07. The molecule has 0 fully saturated rings. The van der Waals surface area contributed by atoms with E-state index in [-0.39, 0.29) is 17.1 Å². The highest BCUT2D eigenvalue weighted by Crippen LogP contribution is 2.41. The number of amides is 1. The van der Waals surface area contributed by atoms with E-state index >= 15 is 0 Å². The molecule has 0 bridgehead atoms. The lowest BCUT2D eigenvalue weighted by Gasteiger charge is -2.26. The Kier molecular flexibility index (Phi) is 6.13. The molecule has 168 valence electrons. The smallest absolute Gasteiger partial charge is 0.290 e. The van der Waals surface area contributed by atoms with Crippen LogP contribution >= 0.6 is 11.6 Å². The van der Waals surface area contributed by atoms with E-state index in [4.69, 9.17) is 25.5 Å². The molecule has 2 heterocycles. The van der Waals surface area contributed by atoms with Crippen LogP contribution in [-0.4, -0.2) is 57.1 Å². The zero-order valence-corrected chi connectivity index (χ0v) is 19.2. The first kappa shape index (κ1) is 22.2. The van der Waals surface area contributed by atoms with Crippen LogP contribution in [0.3, 0.4) is 0 Å². The highest BCUT2D eigenvalue weighted by atomic mass is 35.5. The minimum absolute atomic E-state index is 0.0782. The number of halogens is 1. The number of hydrogen-bond donors (Lipinski definition) is 0. The van der Waals surface area contributed by atoms with E-state index in [2.05, 4.69) is 4.90 Å². The van der Waals surface area contributed by atoms with Gasteiger partial charge < -0.3 is 23.7 Å². The molecule has 0 N–H and O–H groups in total. The fraction of sp³-hybridized carbons (Fsp3) is 0.333. The van der Waals surface area contributed by atoms with Gasteiger partial charge in [-0.2, -0.15) is 0 Å². The van der Waals surface area contributed by atoms with E-state index in [0.29, 0.717) is 39.6 Å². The van der Waals surface area contributed by atoms with E-state index < -0.39 is 6.04 Å². The predicted octanol–water partition coefficient (Wildman–Crippen LogP) is 3.96. The topological polar surface area (TPSA) is 72.2 Å². The largest absolute Gasteiger partial charge is 0.493 e. The van der Waals surface area contributed by atoms with E-state index in [1.165, 1.54) is 0 Å². The third-order valence-electron chi connectivity index (χ3n) is 5.66. The Hall–Kier alpha value is -3.03. The molecule has 8 heteroatoms. The number of methoxy groups -OCH3 is 2. The second kappa shape index (κ2) is 8.84. The highest BCUT2D eigenvalue weighted by molar-refractivity contribution is 6.31. The van der Waals surface area contributed by atoms with Crippen molar-refractivity contribution in [3.63, 3.8) is 0 Å². The molecule has 32 heavy (non-hydrogen) atoms. The van der Waals surface area contributed by atoms with Gasteiger partial charge in [0.2, 0.25) is 5.76 Å². The summed E-state index contributed by atoms with van der Waals surface area (Å²) in [6, 6.07) is 9.65. The molecule has 1 aliphatic rings. The average Bonchev–Trinajstić information content (AvgIpc) is 3.05. The molecule has 1 aromatic heterocycles. The first-order valence-corrected chi connectivity index (χ1v) is 10.7. The molecule has 1 amide bonds. The van der Waals surface area contributed by atoms with Crippen LogP contribution in [0.15, 0.2) is 45.6 Å². The van der Waals surface area contributed by atoms with Crippen molar-refractivity contribution in [2.45, 2.75) is 12.5 Å². The van der Waals surface area contributed by atoms with Crippen LogP contribution in [0.25, 0.3) is 11.0 Å². The zero-order valence-electron chi connectivity index (χ0n) is 18.5. The van der Waals surface area contributed by atoms with Gasteiger partial charge >= 0.3 is 0 Å². The molecule has 7 nitrogen and oxygen atoms in total. The van der Waals surface area contributed by atoms with Gasteiger partial charge in [0, 0.05) is 11.6 Å². The minimum Gasteiger partial charge on any atom is -0.493 e. The lowest BCUT2D eigenvalue weighted by atomic mass is 9.98. The summed E-state index contributed by atoms with van der Waals surface area (Å²) in [5, 5.41) is 0.782. The lowest BCUT2D eigenvalue weighted by Crippen LogP contribution is -2.32. The SMILES string of the molecule is COc1ccc([C@@H]2c3c(oc4ccc(Cl)cc4c3=O)C(=O)N2CCCN(C)C)cc1OC. The molecule has 0 spiro atoms. The van der Waals surface area contributed by atoms with E-state index in [1.54, 1.807) is 49.5 Å². The van der Waals surface area contributed by atoms with Gasteiger partial charge in [-0.05, 0) is 63.0 Å². The van der Waals surface area contributed by atoms with Crippen LogP contribution in [0.2, 0.25) is 5.02 Å². The fourth-order valence-corrected chi connectivity index (χ4v) is 4.32. The maximum absolute atomic E-state index is 13.5. The minimum atomic E-state index is -0.598. The number of benzene rings is 2. The molecule has 0 radical (unpaired) electrons. The van der Waals surface area contributed by atoms with Crippen molar-refractivity contribution in [3.05, 3.63) is 68.5 Å². The Morgan fingerprint density at radius 2 is 1.81 bits per heavy atom. The summed E-state index contributed by atoms with van der Waals surface area (Å²) in [5.74, 6) is 0.867. The molecule has 0 saturated carbocycles. The van der Waals surface area contributed by atoms with Crippen LogP contribution < -0.4 is 14.9 Å². The number of ether oxygens (including phenoxy) is 2. The molecule has 4 rings (SSSR count). The molecule has 0 aliphatic carbocycles. The van der Waals surface area contributed by atoms with Crippen LogP contribution in [0.5, 0.6) is 11.5 Å². The van der Waals surface area contributed by atoms with Crippen molar-refractivity contribution in [2.75, 3.05) is 41.4 Å². The standard InChI is InChI=1S/C24H25ClN2O5/c1-26(2)10-5-11-27-21(14-6-8-18(30-3)19(12-14)31-4)20-22(28)16-13-15(25)7-9-17(16)32-23(20)24(27)29/h6-9,12-13,21H,5,10-11H2,1-4H3/t21-/m1/s1. The maximum Gasteiger partial charge on any atom is 0.290 e. The van der Waals surface area contributed by atoms with Gasteiger partial charge in [-0.3, -0.25) is 9.59 Å². The average molecular weight is 457 g/mol. The van der Waals surface area contributed by atoms with Crippen molar-refractivity contribution < 1.29 is 18.7 Å². The zero-order chi connectivity index (χ0) is 23.0. The number of rotatable bonds is 7. The number of hydrogen-bond acceptors (Lipinski definition) is 6. The molecule has 1 atom stereocenters. The van der Waals surface area contributed by atoms with Crippen molar-refractivity contribution in [2.24, 2.45) is 0 Å². The summed E-state index contributed by atoms with van der Waals surface area (Å²) in [4.78, 5) is 30.7. The monoisotopic (exact) mass is 456 g/mol. The Labute approximate surface area is 191 Å². The summed E-state index contributed by atoms with van der Waals surface area (Å²) >= 11 is 6.13. The Bertz CT molecular complexity index is 1240. The van der Waals surface area contributed by atoms with Crippen LogP contribution in [0, 0.1) is 0 Å². The van der Waals surface area contributed by atoms with Gasteiger partial charge in [0.1, 0.15) is 5.58 Å². The van der Waals surface area contributed by atoms with Crippen LogP contribution in [0.1, 0.15) is 34.1 Å². The number of carbonyl (C=O) groups excluding carboxylic acids is 1. The highest BCUT2D eigenvalue weighted by Gasteiger charge is 2.42. The number of fused-ring (bicyclic) bond motifs is 2. The molecule has 0 saturated heterocycles. The van der Waals surface area contributed by atoms with Gasteiger partial charge in [0.15, 0.2) is 16.9 Å². The summed E-state index contributed by atoms with van der Waals surface area (Å²) in [5.41, 5.74) is 1.15. The van der Waals surface area contributed by atoms with Crippen molar-refractivity contribution in [3.8, 4) is 11.5 Å².